The van der Waals surface area contributed by atoms with Crippen molar-refractivity contribution in [3.63, 3.8) is 0 Å². The first kappa shape index (κ1) is 24.1. The monoisotopic (exact) mass is 292 g/mol. The molecule has 3 N–H and O–H groups in total. The first-order valence-electron chi connectivity index (χ1n) is 6.70. The Balaban J connectivity index is -0.000000321. The molecule has 0 unspecified atom stereocenters. The second-order valence-corrected chi connectivity index (χ2v) is 5.37. The third kappa shape index (κ3) is 43.4. The fourth-order valence-electron chi connectivity index (χ4n) is 1.56. The van der Waals surface area contributed by atoms with E-state index in [-0.39, 0.29) is 29.6 Å². The average Bonchev–Trinajstić information content (AvgIpc) is 2.20. The SMILES string of the molecule is CCCCCCCCCCCC.O=P(O)(O)O.[NaH]. The van der Waals surface area contributed by atoms with Crippen molar-refractivity contribution in [2.24, 2.45) is 0 Å². The van der Waals surface area contributed by atoms with Crippen molar-refractivity contribution in [3.8, 4) is 0 Å². The first-order valence-corrected chi connectivity index (χ1v) is 8.26. The summed E-state index contributed by atoms with van der Waals surface area (Å²) in [5.41, 5.74) is 0. The van der Waals surface area contributed by atoms with Crippen molar-refractivity contribution in [2.45, 2.75) is 78.1 Å². The second kappa shape index (κ2) is 18.1. The molecule has 0 fully saturated rings. The Kier molecular flexibility index (Phi) is 24.3. The summed E-state index contributed by atoms with van der Waals surface area (Å²) in [4.78, 5) is 21.6. The molecule has 0 aromatic carbocycles. The summed E-state index contributed by atoms with van der Waals surface area (Å²) in [5.74, 6) is 0. The van der Waals surface area contributed by atoms with E-state index in [2.05, 4.69) is 13.8 Å². The van der Waals surface area contributed by atoms with Crippen LogP contribution in [0, 0.1) is 0 Å². The van der Waals surface area contributed by atoms with E-state index in [9.17, 15) is 0 Å². The molecule has 0 atom stereocenters. The van der Waals surface area contributed by atoms with Crippen LogP contribution < -0.4 is 0 Å². The molecular formula is C12H30NaO4P. The van der Waals surface area contributed by atoms with Crippen LogP contribution in [0.5, 0.6) is 0 Å². The molecule has 0 aliphatic heterocycles. The van der Waals surface area contributed by atoms with Crippen LogP contribution in [0.4, 0.5) is 0 Å². The molecule has 0 aromatic rings. The molecule has 0 aliphatic carbocycles. The van der Waals surface area contributed by atoms with Gasteiger partial charge in [0.05, 0.1) is 0 Å². The van der Waals surface area contributed by atoms with Crippen LogP contribution in [-0.4, -0.2) is 44.2 Å². The zero-order valence-corrected chi connectivity index (χ0v) is 12.2. The summed E-state index contributed by atoms with van der Waals surface area (Å²) >= 11 is 0. The molecule has 0 saturated carbocycles. The normalized spacial score (nSPS) is 10.3. The number of unbranched alkanes of at least 4 members (excludes halogenated alkanes) is 9. The molecule has 108 valence electrons. The van der Waals surface area contributed by atoms with E-state index >= 15 is 0 Å². The number of phosphoric acid groups is 1. The molecular weight excluding hydrogens is 262 g/mol. The Morgan fingerprint density at radius 2 is 0.833 bits per heavy atom. The molecule has 0 aliphatic rings. The fourth-order valence-corrected chi connectivity index (χ4v) is 1.56. The maximum atomic E-state index is 8.88. The Morgan fingerprint density at radius 3 is 1.00 bits per heavy atom. The standard InChI is InChI=1S/C12H26.Na.H3O4P.H/c1-3-5-7-9-11-12-10-8-6-4-2;;1-5(2,3)4;/h3-12H2,1-2H3;;(H3,1,2,3,4);. The van der Waals surface area contributed by atoms with E-state index in [0.717, 1.165) is 0 Å². The van der Waals surface area contributed by atoms with Gasteiger partial charge in [0.2, 0.25) is 0 Å². The van der Waals surface area contributed by atoms with E-state index in [4.69, 9.17) is 19.2 Å². The van der Waals surface area contributed by atoms with Gasteiger partial charge in [0.1, 0.15) is 0 Å². The van der Waals surface area contributed by atoms with Crippen molar-refractivity contribution < 1.29 is 19.2 Å². The summed E-state index contributed by atoms with van der Waals surface area (Å²) in [6.45, 7) is 4.56. The summed E-state index contributed by atoms with van der Waals surface area (Å²) in [6, 6.07) is 0. The molecule has 0 aromatic heterocycles. The topological polar surface area (TPSA) is 77.8 Å². The van der Waals surface area contributed by atoms with Gasteiger partial charge in [0.15, 0.2) is 0 Å². The van der Waals surface area contributed by atoms with E-state index in [1.54, 1.807) is 0 Å². The van der Waals surface area contributed by atoms with Gasteiger partial charge in [-0.25, -0.2) is 4.57 Å². The quantitative estimate of drug-likeness (QED) is 0.346. The van der Waals surface area contributed by atoms with Crippen molar-refractivity contribution in [1.29, 1.82) is 0 Å². The van der Waals surface area contributed by atoms with Crippen LogP contribution in [0.15, 0.2) is 0 Å². The third-order valence-corrected chi connectivity index (χ3v) is 2.46. The van der Waals surface area contributed by atoms with Crippen molar-refractivity contribution in [2.75, 3.05) is 0 Å². The molecule has 0 heterocycles. The van der Waals surface area contributed by atoms with Crippen molar-refractivity contribution >= 4 is 37.4 Å². The van der Waals surface area contributed by atoms with E-state index in [0.29, 0.717) is 0 Å². The van der Waals surface area contributed by atoms with Crippen LogP contribution in [-0.2, 0) is 4.57 Å². The Morgan fingerprint density at radius 1 is 0.667 bits per heavy atom. The van der Waals surface area contributed by atoms with Crippen molar-refractivity contribution in [3.05, 3.63) is 0 Å². The molecule has 4 nitrogen and oxygen atoms in total. The maximum absolute atomic E-state index is 8.88. The van der Waals surface area contributed by atoms with Crippen LogP contribution >= 0.6 is 7.82 Å². The molecule has 0 saturated heterocycles. The zero-order valence-electron chi connectivity index (χ0n) is 11.3. The Labute approximate surface area is 134 Å². The number of hydrogen-bond donors (Lipinski definition) is 3. The Bertz CT molecular complexity index is 167. The van der Waals surface area contributed by atoms with Gasteiger partial charge in [0.25, 0.3) is 0 Å². The molecule has 0 spiro atoms. The predicted octanol–water partition coefficient (Wildman–Crippen LogP) is 3.35. The zero-order chi connectivity index (χ0) is 13.6. The summed E-state index contributed by atoms with van der Waals surface area (Å²) < 4.78 is 8.88. The van der Waals surface area contributed by atoms with Crippen LogP contribution in [0.25, 0.3) is 0 Å². The van der Waals surface area contributed by atoms with Gasteiger partial charge in [-0.1, -0.05) is 78.1 Å². The van der Waals surface area contributed by atoms with Gasteiger partial charge in [0, 0.05) is 0 Å². The minimum absolute atomic E-state index is 0. The molecule has 0 amide bonds. The predicted molar refractivity (Wildman–Crippen MR) is 78.9 cm³/mol. The summed E-state index contributed by atoms with van der Waals surface area (Å²) in [6.07, 6.45) is 14.4. The minimum atomic E-state index is -4.64. The molecule has 0 bridgehead atoms. The summed E-state index contributed by atoms with van der Waals surface area (Å²) in [7, 11) is -4.64. The van der Waals surface area contributed by atoms with Crippen LogP contribution in [0.3, 0.4) is 0 Å². The van der Waals surface area contributed by atoms with Gasteiger partial charge in [-0.3, -0.25) is 0 Å². The number of rotatable bonds is 9. The van der Waals surface area contributed by atoms with Gasteiger partial charge >= 0.3 is 37.4 Å². The molecule has 6 heteroatoms. The van der Waals surface area contributed by atoms with Gasteiger partial charge < -0.3 is 14.7 Å². The van der Waals surface area contributed by atoms with Gasteiger partial charge in [-0.05, 0) is 0 Å². The summed E-state index contributed by atoms with van der Waals surface area (Å²) in [5, 5.41) is 0. The fraction of sp³-hybridized carbons (Fsp3) is 1.00. The van der Waals surface area contributed by atoms with E-state index in [1.165, 1.54) is 64.2 Å². The Hall–Kier alpha value is 1.11. The van der Waals surface area contributed by atoms with E-state index in [1.807, 2.05) is 0 Å². The van der Waals surface area contributed by atoms with Crippen LogP contribution in [0.1, 0.15) is 78.1 Å². The van der Waals surface area contributed by atoms with Crippen LogP contribution in [0.2, 0.25) is 0 Å². The number of hydrogen-bond acceptors (Lipinski definition) is 1. The molecule has 18 heavy (non-hydrogen) atoms. The molecule has 0 rings (SSSR count). The van der Waals surface area contributed by atoms with Gasteiger partial charge in [-0.2, -0.15) is 0 Å². The second-order valence-electron chi connectivity index (χ2n) is 4.34. The van der Waals surface area contributed by atoms with Crippen molar-refractivity contribution in [1.82, 2.24) is 0 Å². The molecule has 0 radical (unpaired) electrons. The van der Waals surface area contributed by atoms with Gasteiger partial charge in [-0.15, -0.1) is 0 Å². The third-order valence-electron chi connectivity index (χ3n) is 2.46. The first-order chi connectivity index (χ1) is 7.91. The van der Waals surface area contributed by atoms with E-state index < -0.39 is 7.82 Å². The average molecular weight is 292 g/mol.